The molecule has 0 atom stereocenters. The highest BCUT2D eigenvalue weighted by Crippen LogP contribution is 2.11. The number of hydrogen-bond donors (Lipinski definition) is 0. The molecule has 0 aliphatic carbocycles. The largest absolute Gasteiger partial charge is 0.497 e. The smallest absolute Gasteiger partial charge is 0.145 e. The normalized spacial score (nSPS) is 10.8. The molecule has 2 aromatic carbocycles. The number of rotatable bonds is 5. The molecule has 0 fully saturated rings. The van der Waals surface area contributed by atoms with Crippen LogP contribution in [-0.4, -0.2) is 13.3 Å². The van der Waals surface area contributed by atoms with E-state index in [4.69, 9.17) is 9.57 Å². The lowest BCUT2D eigenvalue weighted by atomic mass is 10.2. The van der Waals surface area contributed by atoms with E-state index in [0.717, 1.165) is 11.8 Å². The SMILES string of the molecule is COc1ccc(/[C]=N\OCc2ccc(F)cc2F)cc1. The van der Waals surface area contributed by atoms with Crippen LogP contribution in [0.3, 0.4) is 0 Å². The van der Waals surface area contributed by atoms with Gasteiger partial charge in [0.15, 0.2) is 0 Å². The fraction of sp³-hybridized carbons (Fsp3) is 0.133. The minimum absolute atomic E-state index is 0.0880. The molecule has 0 aliphatic heterocycles. The van der Waals surface area contributed by atoms with Crippen molar-refractivity contribution in [3.63, 3.8) is 0 Å². The molecule has 103 valence electrons. The van der Waals surface area contributed by atoms with Crippen molar-refractivity contribution >= 4 is 6.21 Å². The molecule has 0 saturated carbocycles. The monoisotopic (exact) mass is 276 g/mol. The van der Waals surface area contributed by atoms with E-state index in [1.54, 1.807) is 31.4 Å². The number of ether oxygens (including phenoxy) is 1. The Morgan fingerprint density at radius 3 is 2.50 bits per heavy atom. The molecule has 0 saturated heterocycles. The topological polar surface area (TPSA) is 30.8 Å². The Morgan fingerprint density at radius 2 is 1.85 bits per heavy atom. The van der Waals surface area contributed by atoms with Crippen LogP contribution in [0.4, 0.5) is 8.78 Å². The van der Waals surface area contributed by atoms with Crippen LogP contribution in [0.5, 0.6) is 5.75 Å². The molecule has 3 nitrogen and oxygen atoms in total. The molecule has 2 aromatic rings. The summed E-state index contributed by atoms with van der Waals surface area (Å²) in [5, 5.41) is 3.60. The van der Waals surface area contributed by atoms with Crippen LogP contribution in [0.2, 0.25) is 0 Å². The first-order chi connectivity index (χ1) is 9.69. The predicted octanol–water partition coefficient (Wildman–Crippen LogP) is 3.40. The van der Waals surface area contributed by atoms with Crippen LogP contribution >= 0.6 is 0 Å². The molecule has 0 heterocycles. The first-order valence-electron chi connectivity index (χ1n) is 5.85. The van der Waals surface area contributed by atoms with Crippen molar-refractivity contribution in [2.45, 2.75) is 6.61 Å². The van der Waals surface area contributed by atoms with E-state index in [0.29, 0.717) is 5.56 Å². The van der Waals surface area contributed by atoms with Gasteiger partial charge in [-0.3, -0.25) is 0 Å². The third-order valence-corrected chi connectivity index (χ3v) is 2.56. The molecule has 0 amide bonds. The summed E-state index contributed by atoms with van der Waals surface area (Å²) in [7, 11) is 1.58. The third-order valence-electron chi connectivity index (χ3n) is 2.56. The van der Waals surface area contributed by atoms with Crippen LogP contribution in [0.15, 0.2) is 47.6 Å². The Morgan fingerprint density at radius 1 is 1.10 bits per heavy atom. The number of methoxy groups -OCH3 is 1. The fourth-order valence-electron chi connectivity index (χ4n) is 1.49. The van der Waals surface area contributed by atoms with E-state index in [-0.39, 0.29) is 12.2 Å². The molecular weight excluding hydrogens is 264 g/mol. The van der Waals surface area contributed by atoms with Gasteiger partial charge in [-0.15, -0.1) is 0 Å². The summed E-state index contributed by atoms with van der Waals surface area (Å²) >= 11 is 0. The summed E-state index contributed by atoms with van der Waals surface area (Å²) in [4.78, 5) is 4.92. The van der Waals surface area contributed by atoms with Crippen molar-refractivity contribution in [2.24, 2.45) is 5.16 Å². The quantitative estimate of drug-likeness (QED) is 0.619. The van der Waals surface area contributed by atoms with E-state index in [1.807, 2.05) is 0 Å². The number of hydrogen-bond acceptors (Lipinski definition) is 3. The van der Waals surface area contributed by atoms with Crippen molar-refractivity contribution in [3.05, 3.63) is 65.2 Å². The van der Waals surface area contributed by atoms with Crippen LogP contribution in [0, 0.1) is 11.6 Å². The average molecular weight is 276 g/mol. The van der Waals surface area contributed by atoms with Crippen LogP contribution in [0.25, 0.3) is 0 Å². The Bertz CT molecular complexity index is 597. The molecule has 0 aromatic heterocycles. The predicted molar refractivity (Wildman–Crippen MR) is 70.7 cm³/mol. The van der Waals surface area contributed by atoms with Gasteiger partial charge in [0.2, 0.25) is 0 Å². The third kappa shape index (κ3) is 3.78. The summed E-state index contributed by atoms with van der Waals surface area (Å²) in [5.41, 5.74) is 0.928. The lowest BCUT2D eigenvalue weighted by Gasteiger charge is -2.01. The average Bonchev–Trinajstić information content (AvgIpc) is 2.46. The van der Waals surface area contributed by atoms with Crippen molar-refractivity contribution in [2.75, 3.05) is 7.11 Å². The zero-order valence-corrected chi connectivity index (χ0v) is 10.8. The molecule has 0 bridgehead atoms. The summed E-state index contributed by atoms with van der Waals surface area (Å²) in [5.74, 6) is -0.561. The standard InChI is InChI=1S/C15H12F2NO2/c1-19-14-6-2-11(3-7-14)9-18-20-10-12-4-5-13(16)8-15(12)17/h2-8H,10H2,1H3. The van der Waals surface area contributed by atoms with Gasteiger partial charge in [0.25, 0.3) is 0 Å². The number of benzene rings is 2. The number of halogens is 2. The van der Waals surface area contributed by atoms with Crippen LogP contribution in [0.1, 0.15) is 11.1 Å². The second-order valence-corrected chi connectivity index (χ2v) is 3.94. The Labute approximate surface area is 115 Å². The molecule has 0 spiro atoms. The van der Waals surface area contributed by atoms with Crippen LogP contribution in [-0.2, 0) is 11.4 Å². The van der Waals surface area contributed by atoms with E-state index >= 15 is 0 Å². The maximum atomic E-state index is 13.3. The molecule has 5 heteroatoms. The molecule has 0 unspecified atom stereocenters. The Hall–Kier alpha value is -2.43. The molecule has 0 N–H and O–H groups in total. The highest BCUT2D eigenvalue weighted by molar-refractivity contribution is 5.79. The lowest BCUT2D eigenvalue weighted by molar-refractivity contribution is 0.129. The summed E-state index contributed by atoms with van der Waals surface area (Å²) < 4.78 is 31.0. The molecule has 0 aliphatic rings. The minimum Gasteiger partial charge on any atom is -0.497 e. The molecule has 2 rings (SSSR count). The van der Waals surface area contributed by atoms with Crippen molar-refractivity contribution in [1.82, 2.24) is 0 Å². The van der Waals surface area contributed by atoms with Gasteiger partial charge < -0.3 is 9.57 Å². The molecular formula is C15H12F2NO2. The van der Waals surface area contributed by atoms with Gasteiger partial charge in [0, 0.05) is 17.2 Å². The van der Waals surface area contributed by atoms with Gasteiger partial charge >= 0.3 is 0 Å². The molecule has 1 radical (unpaired) electrons. The maximum absolute atomic E-state index is 13.3. The van der Waals surface area contributed by atoms with Crippen molar-refractivity contribution < 1.29 is 18.4 Å². The van der Waals surface area contributed by atoms with E-state index < -0.39 is 11.6 Å². The fourth-order valence-corrected chi connectivity index (χ4v) is 1.49. The zero-order valence-electron chi connectivity index (χ0n) is 10.8. The van der Waals surface area contributed by atoms with Gasteiger partial charge in [0.05, 0.1) is 7.11 Å². The van der Waals surface area contributed by atoms with Gasteiger partial charge in [-0.2, -0.15) is 0 Å². The zero-order chi connectivity index (χ0) is 14.4. The van der Waals surface area contributed by atoms with E-state index in [2.05, 4.69) is 11.4 Å². The summed E-state index contributed by atoms with van der Waals surface area (Å²) in [6.07, 6.45) is 2.65. The first kappa shape index (κ1) is 14.0. The Kier molecular flexibility index (Phi) is 4.65. The molecule has 20 heavy (non-hydrogen) atoms. The van der Waals surface area contributed by atoms with E-state index in [9.17, 15) is 8.78 Å². The van der Waals surface area contributed by atoms with Gasteiger partial charge in [0.1, 0.15) is 30.2 Å². The highest BCUT2D eigenvalue weighted by atomic mass is 19.1. The summed E-state index contributed by atoms with van der Waals surface area (Å²) in [6.45, 7) is -0.0880. The highest BCUT2D eigenvalue weighted by Gasteiger charge is 2.03. The van der Waals surface area contributed by atoms with Crippen molar-refractivity contribution in [3.8, 4) is 5.75 Å². The Balaban J connectivity index is 1.89. The first-order valence-corrected chi connectivity index (χ1v) is 5.85. The maximum Gasteiger partial charge on any atom is 0.145 e. The number of nitrogens with zero attached hydrogens (tertiary/aromatic N) is 1. The summed E-state index contributed by atoms with van der Waals surface area (Å²) in [6, 6.07) is 10.3. The van der Waals surface area contributed by atoms with E-state index in [1.165, 1.54) is 12.1 Å². The minimum atomic E-state index is -0.662. The lowest BCUT2D eigenvalue weighted by Crippen LogP contribution is -1.93. The second kappa shape index (κ2) is 6.65. The van der Waals surface area contributed by atoms with Crippen LogP contribution < -0.4 is 4.74 Å². The van der Waals surface area contributed by atoms with Gasteiger partial charge in [-0.05, 0) is 36.4 Å². The van der Waals surface area contributed by atoms with Gasteiger partial charge in [-0.1, -0.05) is 5.16 Å². The second-order valence-electron chi connectivity index (χ2n) is 3.94. The van der Waals surface area contributed by atoms with Crippen molar-refractivity contribution in [1.29, 1.82) is 0 Å². The van der Waals surface area contributed by atoms with Gasteiger partial charge in [-0.25, -0.2) is 8.78 Å².